The van der Waals surface area contributed by atoms with Gasteiger partial charge in [-0.1, -0.05) is 30.6 Å². The molecule has 6 heteroatoms. The number of methoxy groups -OCH3 is 1. The Kier molecular flexibility index (Phi) is 7.08. The molecule has 1 amide bonds. The minimum Gasteiger partial charge on any atom is -0.497 e. The number of hydrogen-bond acceptors (Lipinski definition) is 4. The number of carbonyl (C=O) groups excluding carboxylic acids is 1. The van der Waals surface area contributed by atoms with E-state index in [2.05, 4.69) is 10.5 Å². The van der Waals surface area contributed by atoms with E-state index in [-0.39, 0.29) is 11.7 Å². The maximum absolute atomic E-state index is 12.0. The molecule has 0 fully saturated rings. The Morgan fingerprint density at radius 2 is 2.29 bits per heavy atom. The van der Waals surface area contributed by atoms with Gasteiger partial charge in [0.25, 0.3) is 0 Å². The zero-order chi connectivity index (χ0) is 15.7. The van der Waals surface area contributed by atoms with Crippen LogP contribution in [-0.4, -0.2) is 30.6 Å². The third-order valence-electron chi connectivity index (χ3n) is 3.21. The van der Waals surface area contributed by atoms with Crippen LogP contribution >= 0.6 is 0 Å². The van der Waals surface area contributed by atoms with Gasteiger partial charge in [0.05, 0.1) is 13.0 Å². The third-order valence-corrected chi connectivity index (χ3v) is 3.21. The van der Waals surface area contributed by atoms with Crippen LogP contribution in [-0.2, 0) is 11.2 Å². The lowest BCUT2D eigenvalue weighted by Crippen LogP contribution is -2.39. The number of nitrogens with zero attached hydrogens (tertiary/aromatic N) is 1. The maximum Gasteiger partial charge on any atom is 0.230 e. The van der Waals surface area contributed by atoms with Crippen LogP contribution in [0.2, 0.25) is 0 Å². The van der Waals surface area contributed by atoms with Gasteiger partial charge in [-0.15, -0.1) is 0 Å². The highest BCUT2D eigenvalue weighted by molar-refractivity contribution is 6.02. The first-order valence-corrected chi connectivity index (χ1v) is 7.00. The quantitative estimate of drug-likeness (QED) is 0.293. The average Bonchev–Trinajstić information content (AvgIpc) is 2.52. The lowest BCUT2D eigenvalue weighted by atomic mass is 10.0. The summed E-state index contributed by atoms with van der Waals surface area (Å²) in [5, 5.41) is 14.5. The monoisotopic (exact) mass is 293 g/mol. The lowest BCUT2D eigenvalue weighted by molar-refractivity contribution is -0.123. The molecule has 116 valence electrons. The SMILES string of the molecule is CCCC(C(=O)NCCc1cccc(OC)c1)/C(N)=N/O. The fourth-order valence-electron chi connectivity index (χ4n) is 2.05. The molecule has 0 heterocycles. The minimum absolute atomic E-state index is 0.0456. The molecular formula is C15H23N3O3. The molecule has 0 spiro atoms. The third kappa shape index (κ3) is 5.33. The fourth-order valence-corrected chi connectivity index (χ4v) is 2.05. The summed E-state index contributed by atoms with van der Waals surface area (Å²) in [5.74, 6) is -0.0459. The Morgan fingerprint density at radius 3 is 2.90 bits per heavy atom. The van der Waals surface area contributed by atoms with Crippen molar-refractivity contribution in [3.05, 3.63) is 29.8 Å². The van der Waals surface area contributed by atoms with Crippen molar-refractivity contribution >= 4 is 11.7 Å². The van der Waals surface area contributed by atoms with Crippen LogP contribution in [0.25, 0.3) is 0 Å². The molecule has 0 saturated heterocycles. The van der Waals surface area contributed by atoms with Crippen LogP contribution in [0.15, 0.2) is 29.4 Å². The molecular weight excluding hydrogens is 270 g/mol. The second-order valence-electron chi connectivity index (χ2n) is 4.76. The van der Waals surface area contributed by atoms with Crippen molar-refractivity contribution in [2.75, 3.05) is 13.7 Å². The summed E-state index contributed by atoms with van der Waals surface area (Å²) in [6, 6.07) is 7.69. The van der Waals surface area contributed by atoms with Gasteiger partial charge in [-0.05, 0) is 30.5 Å². The predicted molar refractivity (Wildman–Crippen MR) is 81.5 cm³/mol. The molecule has 1 unspecified atom stereocenters. The van der Waals surface area contributed by atoms with E-state index in [9.17, 15) is 4.79 Å². The van der Waals surface area contributed by atoms with Gasteiger partial charge in [0.2, 0.25) is 5.91 Å². The van der Waals surface area contributed by atoms with E-state index in [1.165, 1.54) is 0 Å². The van der Waals surface area contributed by atoms with E-state index in [0.29, 0.717) is 19.4 Å². The van der Waals surface area contributed by atoms with Crippen LogP contribution in [0.5, 0.6) is 5.75 Å². The first kappa shape index (κ1) is 16.8. The van der Waals surface area contributed by atoms with Crippen molar-refractivity contribution in [1.82, 2.24) is 5.32 Å². The molecule has 0 radical (unpaired) electrons. The van der Waals surface area contributed by atoms with Crippen LogP contribution in [0, 0.1) is 5.92 Å². The average molecular weight is 293 g/mol. The van der Waals surface area contributed by atoms with Crippen molar-refractivity contribution in [2.45, 2.75) is 26.2 Å². The van der Waals surface area contributed by atoms with E-state index < -0.39 is 5.92 Å². The molecule has 0 saturated carbocycles. The van der Waals surface area contributed by atoms with Crippen LogP contribution in [0.3, 0.4) is 0 Å². The standard InChI is InChI=1S/C15H23N3O3/c1-3-5-13(14(16)18-20)15(19)17-9-8-11-6-4-7-12(10-11)21-2/h4,6-7,10,13,20H,3,5,8-9H2,1-2H3,(H2,16,18)(H,17,19). The van der Waals surface area contributed by atoms with E-state index in [0.717, 1.165) is 17.7 Å². The summed E-state index contributed by atoms with van der Waals surface area (Å²) in [6.45, 7) is 2.44. The molecule has 0 aliphatic rings. The zero-order valence-electron chi connectivity index (χ0n) is 12.5. The number of oxime groups is 1. The number of nitrogens with one attached hydrogen (secondary N) is 1. The van der Waals surface area contributed by atoms with Crippen molar-refractivity contribution in [2.24, 2.45) is 16.8 Å². The first-order chi connectivity index (χ1) is 10.1. The van der Waals surface area contributed by atoms with E-state index >= 15 is 0 Å². The highest BCUT2D eigenvalue weighted by atomic mass is 16.5. The van der Waals surface area contributed by atoms with Gasteiger partial charge in [-0.2, -0.15) is 0 Å². The van der Waals surface area contributed by atoms with Gasteiger partial charge >= 0.3 is 0 Å². The Morgan fingerprint density at radius 1 is 1.52 bits per heavy atom. The van der Waals surface area contributed by atoms with Crippen molar-refractivity contribution in [1.29, 1.82) is 0 Å². The predicted octanol–water partition coefficient (Wildman–Crippen LogP) is 1.52. The summed E-state index contributed by atoms with van der Waals surface area (Å²) in [5.41, 5.74) is 6.62. The van der Waals surface area contributed by atoms with Gasteiger partial charge in [0.15, 0.2) is 5.84 Å². The molecule has 4 N–H and O–H groups in total. The number of amides is 1. The summed E-state index contributed by atoms with van der Waals surface area (Å²) >= 11 is 0. The second kappa shape index (κ2) is 8.84. The van der Waals surface area contributed by atoms with Gasteiger partial charge in [0, 0.05) is 6.54 Å². The Balaban J connectivity index is 2.51. The minimum atomic E-state index is -0.578. The van der Waals surface area contributed by atoms with Crippen molar-refractivity contribution < 1.29 is 14.7 Å². The number of ether oxygens (including phenoxy) is 1. The molecule has 1 aromatic carbocycles. The Bertz CT molecular complexity index is 489. The Labute approximate surface area is 125 Å². The number of rotatable bonds is 8. The van der Waals surface area contributed by atoms with E-state index in [1.807, 2.05) is 31.2 Å². The number of benzene rings is 1. The number of nitrogens with two attached hydrogens (primary N) is 1. The number of carbonyl (C=O) groups is 1. The van der Waals surface area contributed by atoms with Crippen molar-refractivity contribution in [3.8, 4) is 5.75 Å². The largest absolute Gasteiger partial charge is 0.497 e. The molecule has 21 heavy (non-hydrogen) atoms. The highest BCUT2D eigenvalue weighted by Crippen LogP contribution is 2.13. The topological polar surface area (TPSA) is 96.9 Å². The first-order valence-electron chi connectivity index (χ1n) is 7.00. The fraction of sp³-hybridized carbons (Fsp3) is 0.467. The van der Waals surface area contributed by atoms with Crippen molar-refractivity contribution in [3.63, 3.8) is 0 Å². The van der Waals surface area contributed by atoms with E-state index in [1.54, 1.807) is 7.11 Å². The molecule has 1 rings (SSSR count). The Hall–Kier alpha value is -2.24. The molecule has 1 atom stereocenters. The summed E-state index contributed by atoms with van der Waals surface area (Å²) in [6.07, 6.45) is 2.03. The molecule has 6 nitrogen and oxygen atoms in total. The zero-order valence-corrected chi connectivity index (χ0v) is 12.5. The van der Waals surface area contributed by atoms with E-state index in [4.69, 9.17) is 15.7 Å². The molecule has 0 aromatic heterocycles. The number of amidine groups is 1. The van der Waals surface area contributed by atoms with Gasteiger partial charge in [-0.3, -0.25) is 4.79 Å². The maximum atomic E-state index is 12.0. The van der Waals surface area contributed by atoms with Gasteiger partial charge < -0.3 is 21.0 Å². The molecule has 0 aliphatic carbocycles. The summed E-state index contributed by atoms with van der Waals surface area (Å²) < 4.78 is 5.15. The van der Waals surface area contributed by atoms with Gasteiger partial charge in [0.1, 0.15) is 5.75 Å². The number of hydrogen-bond donors (Lipinski definition) is 3. The highest BCUT2D eigenvalue weighted by Gasteiger charge is 2.21. The van der Waals surface area contributed by atoms with Crippen LogP contribution in [0.4, 0.5) is 0 Å². The summed E-state index contributed by atoms with van der Waals surface area (Å²) in [4.78, 5) is 12.0. The van der Waals surface area contributed by atoms with Crippen LogP contribution < -0.4 is 15.8 Å². The molecule has 0 aliphatic heterocycles. The van der Waals surface area contributed by atoms with Gasteiger partial charge in [-0.25, -0.2) is 0 Å². The second-order valence-corrected chi connectivity index (χ2v) is 4.76. The smallest absolute Gasteiger partial charge is 0.230 e. The molecule has 1 aromatic rings. The lowest BCUT2D eigenvalue weighted by Gasteiger charge is -2.14. The molecule has 0 bridgehead atoms. The van der Waals surface area contributed by atoms with Crippen LogP contribution in [0.1, 0.15) is 25.3 Å². The normalized spacial score (nSPS) is 12.8. The summed E-state index contributed by atoms with van der Waals surface area (Å²) in [7, 11) is 1.62.